The number of Topliss-reactive ketones (excluding diaryl/α,β-unsaturated/α-hetero) is 1. The average Bonchev–Trinajstić information content (AvgIpc) is 3.92. The van der Waals surface area contributed by atoms with Crippen LogP contribution in [0.1, 0.15) is 129 Å². The highest BCUT2D eigenvalue weighted by molar-refractivity contribution is 7.91. The predicted molar refractivity (Wildman–Crippen MR) is 251 cm³/mol. The van der Waals surface area contributed by atoms with Crippen LogP contribution in [0.25, 0.3) is 21.6 Å². The Balaban J connectivity index is 1.11. The maximum Gasteiger partial charge on any atom is 0.307 e. The molecule has 0 bridgehead atoms. The van der Waals surface area contributed by atoms with Crippen LogP contribution in [0, 0.1) is 17.3 Å². The van der Waals surface area contributed by atoms with Crippen molar-refractivity contribution < 1.29 is 37.1 Å². The minimum absolute atomic E-state index is 0.0430. The quantitative estimate of drug-likeness (QED) is 0.113. The molecule has 13 nitrogen and oxygen atoms in total. The molecule has 8 rings (SSSR count). The van der Waals surface area contributed by atoms with Gasteiger partial charge in [0.15, 0.2) is 5.78 Å². The first kappa shape index (κ1) is 46.9. The van der Waals surface area contributed by atoms with Gasteiger partial charge >= 0.3 is 5.97 Å². The Morgan fingerprint density at radius 3 is 2.54 bits per heavy atom. The second-order valence-electron chi connectivity index (χ2n) is 20.0. The Hall–Kier alpha value is -4.60. The molecule has 0 unspecified atom stereocenters. The number of para-hydroxylation sites is 1. The van der Waals surface area contributed by atoms with Gasteiger partial charge in [0, 0.05) is 47.2 Å². The van der Waals surface area contributed by atoms with Gasteiger partial charge in [-0.15, -0.1) is 11.3 Å². The van der Waals surface area contributed by atoms with Crippen LogP contribution in [0.3, 0.4) is 0 Å². The molecular weight excluding hydrogens is 886 g/mol. The molecule has 1 N–H and O–H groups in total. The van der Waals surface area contributed by atoms with E-state index in [1.54, 1.807) is 27.7 Å². The maximum absolute atomic E-state index is 14.9. The summed E-state index contributed by atoms with van der Waals surface area (Å²) in [6.45, 7) is 11.1. The molecule has 2 aliphatic heterocycles. The molecule has 1 saturated heterocycles. The number of carbonyl (C=O) groups excluding carboxylic acids is 4. The summed E-state index contributed by atoms with van der Waals surface area (Å²) in [6, 6.07) is 12.9. The summed E-state index contributed by atoms with van der Waals surface area (Å²) in [5.41, 5.74) is 2.21. The fraction of sp³-hybridized carbons (Fsp3) is 0.551. The van der Waals surface area contributed by atoms with Gasteiger partial charge in [-0.2, -0.15) is 4.98 Å². The lowest BCUT2D eigenvalue weighted by Gasteiger charge is -2.29. The number of ether oxygens (including phenoxy) is 2. The van der Waals surface area contributed by atoms with E-state index in [4.69, 9.17) is 31.0 Å². The summed E-state index contributed by atoms with van der Waals surface area (Å²) >= 11 is 8.00. The van der Waals surface area contributed by atoms with Crippen LogP contribution < -0.4 is 9.46 Å². The van der Waals surface area contributed by atoms with Gasteiger partial charge in [-0.25, -0.2) is 13.4 Å². The number of nitrogens with one attached hydrogen (secondary N) is 1. The molecule has 4 aromatic rings. The van der Waals surface area contributed by atoms with Crippen LogP contribution in [0.15, 0.2) is 60.0 Å². The van der Waals surface area contributed by atoms with E-state index in [-0.39, 0.29) is 49.5 Å². The van der Waals surface area contributed by atoms with E-state index in [1.807, 2.05) is 78.4 Å². The molecule has 16 heteroatoms. The SMILES string of the molecule is CC(C)n1c(O[C@@H]2C[C@H]3C(=O)C[C@]4(C(=O)NS(=O)(=O)C5(C)CC5)C[C@@H]4/C=C\CCCCC[C@H](CC(=O)OC(C)(C)C)C(=O)N3C2)nc2c(-c3nc(Cc4ccccc4Cl)cs3)cccc21. The van der Waals surface area contributed by atoms with Crippen LogP contribution in [0.5, 0.6) is 6.01 Å². The van der Waals surface area contributed by atoms with E-state index >= 15 is 0 Å². The Morgan fingerprint density at radius 1 is 1.05 bits per heavy atom. The number of carbonyl (C=O) groups is 4. The van der Waals surface area contributed by atoms with Crippen molar-refractivity contribution in [2.75, 3.05) is 6.54 Å². The maximum atomic E-state index is 14.9. The fourth-order valence-corrected chi connectivity index (χ4v) is 11.7. The lowest BCUT2D eigenvalue weighted by atomic mass is 9.90. The zero-order valence-corrected chi connectivity index (χ0v) is 40.5. The molecule has 0 spiro atoms. The minimum atomic E-state index is -3.97. The van der Waals surface area contributed by atoms with E-state index in [2.05, 4.69) is 4.72 Å². The van der Waals surface area contributed by atoms with E-state index in [0.29, 0.717) is 55.1 Å². The molecule has 2 aliphatic carbocycles. The fourth-order valence-electron chi connectivity index (χ4n) is 9.35. The first-order valence-corrected chi connectivity index (χ1v) is 25.7. The number of fused-ring (bicyclic) bond motifs is 3. The highest BCUT2D eigenvalue weighted by atomic mass is 35.5. The summed E-state index contributed by atoms with van der Waals surface area (Å²) in [6.07, 6.45) is 8.29. The van der Waals surface area contributed by atoms with Crippen molar-refractivity contribution in [3.05, 3.63) is 76.3 Å². The normalized spacial score (nSPS) is 25.3. The number of amides is 2. The number of benzene rings is 2. The molecule has 65 heavy (non-hydrogen) atoms. The lowest BCUT2D eigenvalue weighted by molar-refractivity contribution is -0.159. The number of nitrogens with zero attached hydrogens (tertiary/aromatic N) is 4. The molecule has 0 radical (unpaired) electrons. The van der Waals surface area contributed by atoms with Crippen molar-refractivity contribution in [3.63, 3.8) is 0 Å². The molecule has 4 heterocycles. The number of allylic oxidation sites excluding steroid dienone is 2. The van der Waals surface area contributed by atoms with Gasteiger partial charge in [-0.3, -0.25) is 28.5 Å². The van der Waals surface area contributed by atoms with Gasteiger partial charge in [0.1, 0.15) is 22.2 Å². The number of ketones is 1. The number of sulfonamides is 1. The standard InChI is InChI=1S/C49H60ClN5O8S2/c1-30(2)55-38-20-14-18-36(43-51-34(29-64-43)23-31-15-12-13-19-37(31)50)42(38)52-46(55)62-35-25-39-40(56)27-49(45(59)53-65(60,61)48(6)21-22-48)26-33(49)17-11-9-7-8-10-16-32(44(58)54(39)28-35)24-41(57)63-47(3,4)5/h11-15,17-20,29-30,32-33,35,39H,7-10,16,21-28H2,1-6H3,(H,53,59)/b17-11-/t32-,33+,35-,39+,49-/m1/s1. The molecule has 3 fully saturated rings. The summed E-state index contributed by atoms with van der Waals surface area (Å²) < 4.78 is 42.5. The highest BCUT2D eigenvalue weighted by Crippen LogP contribution is 2.58. The molecule has 2 amide bonds. The first-order valence-electron chi connectivity index (χ1n) is 22.9. The third-order valence-corrected chi connectivity index (χ3v) is 16.8. The molecule has 348 valence electrons. The summed E-state index contributed by atoms with van der Waals surface area (Å²) in [5.74, 6) is -2.96. The number of imidazole rings is 1. The molecule has 5 atom stereocenters. The Bertz CT molecular complexity index is 2630. The largest absolute Gasteiger partial charge is 0.460 e. The monoisotopic (exact) mass is 945 g/mol. The van der Waals surface area contributed by atoms with Gasteiger partial charge in [-0.1, -0.05) is 60.9 Å². The predicted octanol–water partition coefficient (Wildman–Crippen LogP) is 9.17. The molecule has 2 aromatic heterocycles. The van der Waals surface area contributed by atoms with Crippen molar-refractivity contribution in [3.8, 4) is 16.6 Å². The zero-order valence-electron chi connectivity index (χ0n) is 38.1. The topological polar surface area (TPSA) is 167 Å². The van der Waals surface area contributed by atoms with E-state index in [9.17, 15) is 27.6 Å². The van der Waals surface area contributed by atoms with Crippen LogP contribution in [-0.2, 0) is 40.4 Å². The third kappa shape index (κ3) is 10.1. The van der Waals surface area contributed by atoms with E-state index < -0.39 is 55.7 Å². The van der Waals surface area contributed by atoms with Gasteiger partial charge in [-0.05, 0) is 110 Å². The van der Waals surface area contributed by atoms with E-state index in [0.717, 1.165) is 46.6 Å². The Morgan fingerprint density at radius 2 is 1.82 bits per heavy atom. The highest BCUT2D eigenvalue weighted by Gasteiger charge is 2.62. The zero-order chi connectivity index (χ0) is 46.5. The van der Waals surface area contributed by atoms with Crippen molar-refractivity contribution in [1.82, 2.24) is 24.2 Å². The summed E-state index contributed by atoms with van der Waals surface area (Å²) in [5, 5.41) is 3.50. The molecule has 2 aromatic carbocycles. The first-order chi connectivity index (χ1) is 30.8. The van der Waals surface area contributed by atoms with Crippen LogP contribution in [0.4, 0.5) is 0 Å². The molecule has 2 saturated carbocycles. The van der Waals surface area contributed by atoms with Crippen molar-refractivity contribution in [1.29, 1.82) is 0 Å². The number of halogens is 1. The average molecular weight is 947 g/mol. The van der Waals surface area contributed by atoms with Gasteiger partial charge in [0.25, 0.3) is 6.01 Å². The second kappa shape index (κ2) is 18.2. The van der Waals surface area contributed by atoms with Crippen LogP contribution in [-0.4, -0.2) is 80.5 Å². The number of rotatable bonds is 11. The van der Waals surface area contributed by atoms with Crippen molar-refractivity contribution in [2.45, 2.75) is 147 Å². The van der Waals surface area contributed by atoms with Gasteiger partial charge in [0.05, 0.1) is 40.4 Å². The second-order valence-corrected chi connectivity index (χ2v) is 23.4. The molecule has 4 aliphatic rings. The van der Waals surface area contributed by atoms with Crippen LogP contribution >= 0.6 is 22.9 Å². The number of aromatic nitrogens is 3. The Labute approximate surface area is 390 Å². The van der Waals surface area contributed by atoms with E-state index in [1.165, 1.54) is 16.2 Å². The number of thiazole rings is 1. The minimum Gasteiger partial charge on any atom is -0.460 e. The molecular formula is C49H60ClN5O8S2. The number of hydrogen-bond donors (Lipinski definition) is 1. The van der Waals surface area contributed by atoms with Crippen LogP contribution in [0.2, 0.25) is 5.02 Å². The Kier molecular flexibility index (Phi) is 13.2. The van der Waals surface area contributed by atoms with Crippen molar-refractivity contribution >= 4 is 67.6 Å². The smallest absolute Gasteiger partial charge is 0.307 e. The van der Waals surface area contributed by atoms with Crippen molar-refractivity contribution in [2.24, 2.45) is 17.3 Å². The summed E-state index contributed by atoms with van der Waals surface area (Å²) in [7, 11) is -3.97. The lowest BCUT2D eigenvalue weighted by Crippen LogP contribution is -2.47. The number of esters is 1. The van der Waals surface area contributed by atoms with Gasteiger partial charge in [0.2, 0.25) is 21.8 Å². The number of hydrogen-bond acceptors (Lipinski definition) is 11. The third-order valence-electron chi connectivity index (χ3n) is 13.4. The van der Waals surface area contributed by atoms with Gasteiger partial charge < -0.3 is 14.4 Å². The summed E-state index contributed by atoms with van der Waals surface area (Å²) in [4.78, 5) is 68.7.